The number of alkyl halides is 3. The molecule has 0 aliphatic rings. The number of nitrogens with two attached hydrogens (primary N) is 1. The Morgan fingerprint density at radius 2 is 1.82 bits per heavy atom. The molecule has 4 rings (SSSR count). The van der Waals surface area contributed by atoms with Gasteiger partial charge in [0.05, 0.1) is 47.4 Å². The lowest BCUT2D eigenvalue weighted by Crippen LogP contribution is -2.21. The lowest BCUT2D eigenvalue weighted by atomic mass is 10.2. The molecule has 0 aliphatic carbocycles. The lowest BCUT2D eigenvalue weighted by molar-refractivity contribution is -0.143. The molecular weight excluding hydrogens is 441 g/mol. The van der Waals surface area contributed by atoms with Crippen molar-refractivity contribution in [3.8, 4) is 11.5 Å². The second-order valence-electron chi connectivity index (χ2n) is 6.77. The average Bonchev–Trinajstić information content (AvgIpc) is 3.45. The second-order valence-corrected chi connectivity index (χ2v) is 6.77. The standard InChI is InChI=1S/C19H17F3N10O/c1-10-14(3-4-25-16(10)23)31-15(19(20,21)22)12(9-29-31)18(33)30-11-7-13(24-2)17(26-8-11)32-27-5-6-28-32/h3-9,24H,1-2H3,(H2,23,25)(H,30,33). The summed E-state index contributed by atoms with van der Waals surface area (Å²) in [4.78, 5) is 22.1. The number of nitrogens with one attached hydrogen (secondary N) is 2. The predicted octanol–water partition coefficient (Wildman–Crippen LogP) is 2.45. The number of hydrogen-bond acceptors (Lipinski definition) is 8. The van der Waals surface area contributed by atoms with Crippen LogP contribution in [0.4, 0.5) is 30.4 Å². The first-order chi connectivity index (χ1) is 15.7. The maximum Gasteiger partial charge on any atom is 0.434 e. The first-order valence-electron chi connectivity index (χ1n) is 9.43. The smallest absolute Gasteiger partial charge is 0.385 e. The molecule has 1 amide bonds. The van der Waals surface area contributed by atoms with E-state index >= 15 is 0 Å². The van der Waals surface area contributed by atoms with Gasteiger partial charge in [0, 0.05) is 18.8 Å². The minimum atomic E-state index is -4.88. The Balaban J connectivity index is 1.71. The second kappa shape index (κ2) is 8.22. The Bertz CT molecular complexity index is 1310. The molecule has 4 aromatic rings. The van der Waals surface area contributed by atoms with Gasteiger partial charge in [-0.15, -0.1) is 4.80 Å². The summed E-state index contributed by atoms with van der Waals surface area (Å²) in [5, 5.41) is 17.1. The van der Waals surface area contributed by atoms with Crippen molar-refractivity contribution < 1.29 is 18.0 Å². The van der Waals surface area contributed by atoms with Gasteiger partial charge >= 0.3 is 6.18 Å². The van der Waals surface area contributed by atoms with Gasteiger partial charge in [0.25, 0.3) is 5.91 Å². The Morgan fingerprint density at radius 1 is 1.09 bits per heavy atom. The summed E-state index contributed by atoms with van der Waals surface area (Å²) in [6.07, 6.45) is 1.44. The van der Waals surface area contributed by atoms with Crippen LogP contribution in [0.15, 0.2) is 43.1 Å². The largest absolute Gasteiger partial charge is 0.434 e. The van der Waals surface area contributed by atoms with Crippen molar-refractivity contribution >= 4 is 23.1 Å². The number of carbonyl (C=O) groups is 1. The van der Waals surface area contributed by atoms with Crippen molar-refractivity contribution in [3.63, 3.8) is 0 Å². The number of nitrogens with zero attached hydrogens (tertiary/aromatic N) is 7. The zero-order chi connectivity index (χ0) is 23.8. The average molecular weight is 458 g/mol. The molecule has 170 valence electrons. The van der Waals surface area contributed by atoms with E-state index in [4.69, 9.17) is 5.73 Å². The molecule has 0 unspecified atom stereocenters. The van der Waals surface area contributed by atoms with E-state index in [-0.39, 0.29) is 17.2 Å². The molecule has 0 saturated heterocycles. The number of rotatable bonds is 5. The summed E-state index contributed by atoms with van der Waals surface area (Å²) in [5.74, 6) is -0.614. The Morgan fingerprint density at radius 3 is 2.48 bits per heavy atom. The molecule has 4 heterocycles. The quantitative estimate of drug-likeness (QED) is 0.414. The first-order valence-corrected chi connectivity index (χ1v) is 9.43. The monoisotopic (exact) mass is 458 g/mol. The Kier molecular flexibility index (Phi) is 5.41. The lowest BCUT2D eigenvalue weighted by Gasteiger charge is -2.15. The summed E-state index contributed by atoms with van der Waals surface area (Å²) in [7, 11) is 1.62. The van der Waals surface area contributed by atoms with Gasteiger partial charge in [0.15, 0.2) is 11.5 Å². The van der Waals surface area contributed by atoms with Gasteiger partial charge in [-0.1, -0.05) is 0 Å². The summed E-state index contributed by atoms with van der Waals surface area (Å²) in [5.41, 5.74) is 4.77. The normalized spacial score (nSPS) is 11.4. The maximum atomic E-state index is 14.0. The fourth-order valence-corrected chi connectivity index (χ4v) is 3.13. The molecule has 14 heteroatoms. The number of nitrogen functional groups attached to an aromatic ring is 1. The molecular formula is C19H17F3N10O. The van der Waals surface area contributed by atoms with Crippen LogP contribution in [-0.4, -0.2) is 47.7 Å². The van der Waals surface area contributed by atoms with Gasteiger partial charge in [0.1, 0.15) is 5.82 Å². The van der Waals surface area contributed by atoms with Crippen molar-refractivity contribution in [1.82, 2.24) is 34.7 Å². The van der Waals surface area contributed by atoms with E-state index in [9.17, 15) is 18.0 Å². The van der Waals surface area contributed by atoms with Gasteiger partial charge < -0.3 is 16.4 Å². The van der Waals surface area contributed by atoms with Crippen LogP contribution < -0.4 is 16.4 Å². The van der Waals surface area contributed by atoms with Crippen LogP contribution in [0, 0.1) is 6.92 Å². The van der Waals surface area contributed by atoms with Crippen LogP contribution in [-0.2, 0) is 6.18 Å². The van der Waals surface area contributed by atoms with E-state index in [1.807, 2.05) is 0 Å². The summed E-state index contributed by atoms with van der Waals surface area (Å²) in [6, 6.07) is 2.83. The van der Waals surface area contributed by atoms with Crippen LogP contribution in [0.3, 0.4) is 0 Å². The highest BCUT2D eigenvalue weighted by Gasteiger charge is 2.41. The third-order valence-corrected chi connectivity index (χ3v) is 4.73. The van der Waals surface area contributed by atoms with Crippen LogP contribution in [0.1, 0.15) is 21.6 Å². The molecule has 0 aromatic carbocycles. The third-order valence-electron chi connectivity index (χ3n) is 4.73. The number of aromatic nitrogens is 7. The summed E-state index contributed by atoms with van der Waals surface area (Å²) in [6.45, 7) is 1.51. The van der Waals surface area contributed by atoms with E-state index in [2.05, 4.69) is 35.9 Å². The van der Waals surface area contributed by atoms with Crippen molar-refractivity contribution in [3.05, 3.63) is 59.9 Å². The fraction of sp³-hybridized carbons (Fsp3) is 0.158. The molecule has 4 N–H and O–H groups in total. The highest BCUT2D eigenvalue weighted by atomic mass is 19.4. The zero-order valence-corrected chi connectivity index (χ0v) is 17.3. The van der Waals surface area contributed by atoms with Gasteiger partial charge in [0.2, 0.25) is 0 Å². The Hall–Kier alpha value is -4.49. The van der Waals surface area contributed by atoms with Crippen LogP contribution in [0.25, 0.3) is 11.5 Å². The van der Waals surface area contributed by atoms with Crippen LogP contribution >= 0.6 is 0 Å². The number of hydrogen-bond donors (Lipinski definition) is 3. The highest BCUT2D eigenvalue weighted by molar-refractivity contribution is 6.05. The maximum absolute atomic E-state index is 14.0. The zero-order valence-electron chi connectivity index (χ0n) is 17.3. The molecule has 0 spiro atoms. The topological polar surface area (TPSA) is 141 Å². The molecule has 33 heavy (non-hydrogen) atoms. The van der Waals surface area contributed by atoms with E-state index in [0.29, 0.717) is 21.8 Å². The highest BCUT2D eigenvalue weighted by Crippen LogP contribution is 2.35. The van der Waals surface area contributed by atoms with Crippen molar-refractivity contribution in [2.75, 3.05) is 23.4 Å². The minimum absolute atomic E-state index is 0.0551. The van der Waals surface area contributed by atoms with Crippen molar-refractivity contribution in [1.29, 1.82) is 0 Å². The van der Waals surface area contributed by atoms with E-state index in [0.717, 1.165) is 6.20 Å². The number of halogens is 3. The van der Waals surface area contributed by atoms with Gasteiger partial charge in [-0.2, -0.15) is 28.5 Å². The fourth-order valence-electron chi connectivity index (χ4n) is 3.13. The molecule has 0 fully saturated rings. The molecule has 0 bridgehead atoms. The molecule has 0 saturated carbocycles. The molecule has 0 radical (unpaired) electrons. The first kappa shape index (κ1) is 21.7. The van der Waals surface area contributed by atoms with Gasteiger partial charge in [-0.25, -0.2) is 14.6 Å². The molecule has 11 nitrogen and oxygen atoms in total. The van der Waals surface area contributed by atoms with E-state index in [1.54, 1.807) is 7.05 Å². The minimum Gasteiger partial charge on any atom is -0.385 e. The van der Waals surface area contributed by atoms with Gasteiger partial charge in [-0.3, -0.25) is 4.79 Å². The van der Waals surface area contributed by atoms with Crippen molar-refractivity contribution in [2.45, 2.75) is 13.1 Å². The van der Waals surface area contributed by atoms with Crippen molar-refractivity contribution in [2.24, 2.45) is 0 Å². The number of carbonyl (C=O) groups excluding carboxylic acids is 1. The van der Waals surface area contributed by atoms with Gasteiger partial charge in [-0.05, 0) is 19.1 Å². The number of amides is 1. The van der Waals surface area contributed by atoms with E-state index < -0.39 is 23.3 Å². The predicted molar refractivity (Wildman–Crippen MR) is 112 cm³/mol. The SMILES string of the molecule is CNc1cc(NC(=O)c2cnn(-c3ccnc(N)c3C)c2C(F)(F)F)cnc1-n1nccn1. The van der Waals surface area contributed by atoms with Crippen LogP contribution in [0.5, 0.6) is 0 Å². The molecule has 0 aliphatic heterocycles. The van der Waals surface area contributed by atoms with Crippen LogP contribution in [0.2, 0.25) is 0 Å². The van der Waals surface area contributed by atoms with E-state index in [1.165, 1.54) is 48.6 Å². The number of anilines is 3. The number of pyridine rings is 2. The third kappa shape index (κ3) is 4.05. The Labute approximate surface area is 184 Å². The summed E-state index contributed by atoms with van der Waals surface area (Å²) >= 11 is 0. The summed E-state index contributed by atoms with van der Waals surface area (Å²) < 4.78 is 42.5. The molecule has 4 aromatic heterocycles. The molecule has 0 atom stereocenters.